The van der Waals surface area contributed by atoms with E-state index in [2.05, 4.69) is 6.07 Å². The van der Waals surface area contributed by atoms with Crippen LogP contribution >= 0.6 is 0 Å². The number of amides is 1. The summed E-state index contributed by atoms with van der Waals surface area (Å²) in [6.45, 7) is 2.03. The Labute approximate surface area is 152 Å². The van der Waals surface area contributed by atoms with E-state index in [-0.39, 0.29) is 0 Å². The Balaban J connectivity index is 1.95. The number of hydrogen-bond donors (Lipinski definition) is 0. The molecular weight excluding hydrogens is 320 g/mol. The summed E-state index contributed by atoms with van der Waals surface area (Å²) in [5.41, 5.74) is 3.82. The number of nitrogens with zero attached hydrogens (tertiary/aromatic N) is 2. The van der Waals surface area contributed by atoms with Crippen molar-refractivity contribution < 1.29 is 4.79 Å². The number of fused-ring (bicyclic) bond motifs is 1. The second kappa shape index (κ2) is 6.81. The van der Waals surface area contributed by atoms with Gasteiger partial charge in [0.15, 0.2) is 0 Å². The van der Waals surface area contributed by atoms with Crippen LogP contribution in [0.4, 0.5) is 11.5 Å². The van der Waals surface area contributed by atoms with Crippen LogP contribution in [0.5, 0.6) is 0 Å². The number of aryl methyl sites for hydroxylation is 1. The molecule has 126 valence electrons. The number of anilines is 2. The van der Waals surface area contributed by atoms with E-state index in [0.29, 0.717) is 5.82 Å². The smallest absolute Gasteiger partial charge is 0.219 e. The fourth-order valence-electron chi connectivity index (χ4n) is 3.06. The number of carbonyl (C=O) groups excluding carboxylic acids is 1. The normalized spacial score (nSPS) is 10.7. The molecule has 0 aliphatic heterocycles. The van der Waals surface area contributed by atoms with E-state index in [4.69, 9.17) is 4.98 Å². The van der Waals surface area contributed by atoms with Crippen LogP contribution in [0, 0.1) is 6.92 Å². The van der Waals surface area contributed by atoms with Gasteiger partial charge in [0.05, 0.1) is 11.4 Å². The zero-order valence-corrected chi connectivity index (χ0v) is 14.5. The van der Waals surface area contributed by atoms with Crippen molar-refractivity contribution in [3.63, 3.8) is 0 Å². The zero-order valence-electron chi connectivity index (χ0n) is 14.5. The van der Waals surface area contributed by atoms with E-state index in [9.17, 15) is 4.79 Å². The van der Waals surface area contributed by atoms with Crippen LogP contribution in [-0.2, 0) is 4.79 Å². The Morgan fingerprint density at radius 1 is 0.846 bits per heavy atom. The summed E-state index contributed by atoms with van der Waals surface area (Å²) in [4.78, 5) is 18.4. The maximum atomic E-state index is 12.0. The van der Waals surface area contributed by atoms with Gasteiger partial charge in [-0.05, 0) is 30.5 Å². The lowest BCUT2D eigenvalue weighted by Crippen LogP contribution is -2.16. The van der Waals surface area contributed by atoms with Gasteiger partial charge in [-0.25, -0.2) is 4.98 Å². The second-order valence-corrected chi connectivity index (χ2v) is 6.23. The van der Waals surface area contributed by atoms with Crippen LogP contribution in [0.15, 0.2) is 84.9 Å². The zero-order chi connectivity index (χ0) is 17.9. The predicted octanol–water partition coefficient (Wildman–Crippen LogP) is 5.50. The molecule has 0 bridgehead atoms. The SMILES string of the molecule is Cc1ccc(N(C=O)c2nc(-c3ccccc3)cc3ccccc23)cc1. The van der Waals surface area contributed by atoms with Crippen LogP contribution in [0.1, 0.15) is 5.56 Å². The lowest BCUT2D eigenvalue weighted by Gasteiger charge is -2.20. The van der Waals surface area contributed by atoms with Crippen molar-refractivity contribution in [1.29, 1.82) is 0 Å². The molecule has 4 rings (SSSR count). The van der Waals surface area contributed by atoms with Gasteiger partial charge in [0, 0.05) is 10.9 Å². The topological polar surface area (TPSA) is 33.2 Å². The summed E-state index contributed by atoms with van der Waals surface area (Å²) < 4.78 is 0. The molecule has 4 aromatic rings. The Morgan fingerprint density at radius 2 is 1.54 bits per heavy atom. The van der Waals surface area contributed by atoms with E-state index in [1.807, 2.05) is 85.8 Å². The van der Waals surface area contributed by atoms with Gasteiger partial charge in [-0.2, -0.15) is 0 Å². The highest BCUT2D eigenvalue weighted by molar-refractivity contribution is 6.01. The summed E-state index contributed by atoms with van der Waals surface area (Å²) >= 11 is 0. The van der Waals surface area contributed by atoms with Gasteiger partial charge in [-0.15, -0.1) is 0 Å². The molecule has 3 aromatic carbocycles. The number of aromatic nitrogens is 1. The molecule has 0 aliphatic rings. The third kappa shape index (κ3) is 2.95. The first-order valence-corrected chi connectivity index (χ1v) is 8.53. The molecule has 26 heavy (non-hydrogen) atoms. The highest BCUT2D eigenvalue weighted by Crippen LogP contribution is 2.33. The fourth-order valence-corrected chi connectivity index (χ4v) is 3.06. The third-order valence-electron chi connectivity index (χ3n) is 4.44. The molecule has 0 N–H and O–H groups in total. The first-order valence-electron chi connectivity index (χ1n) is 8.53. The molecule has 0 radical (unpaired) electrons. The summed E-state index contributed by atoms with van der Waals surface area (Å²) in [5, 5.41) is 2.00. The molecule has 1 aromatic heterocycles. The average Bonchev–Trinajstić information content (AvgIpc) is 2.70. The number of hydrogen-bond acceptors (Lipinski definition) is 2. The van der Waals surface area contributed by atoms with Crippen LogP contribution in [0.3, 0.4) is 0 Å². The van der Waals surface area contributed by atoms with Crippen molar-refractivity contribution >= 4 is 28.7 Å². The van der Waals surface area contributed by atoms with Gasteiger partial charge in [-0.1, -0.05) is 72.3 Å². The van der Waals surface area contributed by atoms with Crippen molar-refractivity contribution in [2.45, 2.75) is 6.92 Å². The molecule has 1 heterocycles. The minimum absolute atomic E-state index is 0.640. The predicted molar refractivity (Wildman–Crippen MR) is 107 cm³/mol. The second-order valence-electron chi connectivity index (χ2n) is 6.23. The molecule has 0 fully saturated rings. The van der Waals surface area contributed by atoms with E-state index >= 15 is 0 Å². The van der Waals surface area contributed by atoms with Gasteiger partial charge < -0.3 is 0 Å². The van der Waals surface area contributed by atoms with Crippen molar-refractivity contribution in [1.82, 2.24) is 4.98 Å². The Bertz CT molecular complexity index is 1060. The van der Waals surface area contributed by atoms with E-state index in [0.717, 1.165) is 39.7 Å². The standard InChI is InChI=1S/C23H18N2O/c1-17-11-13-20(14-12-17)25(16-26)23-21-10-6-5-9-19(21)15-22(24-23)18-7-3-2-4-8-18/h2-16H,1H3. The molecule has 0 spiro atoms. The maximum absolute atomic E-state index is 12.0. The van der Waals surface area contributed by atoms with Crippen LogP contribution < -0.4 is 4.90 Å². The monoisotopic (exact) mass is 338 g/mol. The molecule has 3 heteroatoms. The molecule has 0 aliphatic carbocycles. The van der Waals surface area contributed by atoms with Crippen molar-refractivity contribution in [3.05, 3.63) is 90.5 Å². The Morgan fingerprint density at radius 3 is 2.27 bits per heavy atom. The highest BCUT2D eigenvalue weighted by Gasteiger charge is 2.15. The molecule has 0 saturated heterocycles. The van der Waals surface area contributed by atoms with Gasteiger partial charge >= 0.3 is 0 Å². The average molecular weight is 338 g/mol. The van der Waals surface area contributed by atoms with E-state index in [1.165, 1.54) is 0 Å². The molecule has 3 nitrogen and oxygen atoms in total. The minimum atomic E-state index is 0.640. The lowest BCUT2D eigenvalue weighted by molar-refractivity contribution is -0.106. The fraction of sp³-hybridized carbons (Fsp3) is 0.0435. The van der Waals surface area contributed by atoms with Gasteiger partial charge in [0.25, 0.3) is 0 Å². The van der Waals surface area contributed by atoms with Crippen LogP contribution in [0.2, 0.25) is 0 Å². The number of benzene rings is 3. The third-order valence-corrected chi connectivity index (χ3v) is 4.44. The maximum Gasteiger partial charge on any atom is 0.219 e. The van der Waals surface area contributed by atoms with E-state index < -0.39 is 0 Å². The van der Waals surface area contributed by atoms with Crippen molar-refractivity contribution in [2.75, 3.05) is 4.90 Å². The number of carbonyl (C=O) groups is 1. The van der Waals surface area contributed by atoms with Crippen LogP contribution in [-0.4, -0.2) is 11.4 Å². The minimum Gasteiger partial charge on any atom is -0.278 e. The largest absolute Gasteiger partial charge is 0.278 e. The molecule has 1 amide bonds. The van der Waals surface area contributed by atoms with Crippen molar-refractivity contribution in [2.24, 2.45) is 0 Å². The lowest BCUT2D eigenvalue weighted by atomic mass is 10.1. The summed E-state index contributed by atoms with van der Waals surface area (Å²) in [5.74, 6) is 0.640. The Kier molecular flexibility index (Phi) is 4.20. The number of rotatable bonds is 4. The van der Waals surface area contributed by atoms with Crippen molar-refractivity contribution in [3.8, 4) is 11.3 Å². The van der Waals surface area contributed by atoms with Gasteiger partial charge in [-0.3, -0.25) is 9.69 Å². The van der Waals surface area contributed by atoms with Crippen LogP contribution in [0.25, 0.3) is 22.0 Å². The summed E-state index contributed by atoms with van der Waals surface area (Å²) in [6.07, 6.45) is 0.828. The highest BCUT2D eigenvalue weighted by atomic mass is 16.1. The van der Waals surface area contributed by atoms with E-state index in [1.54, 1.807) is 4.90 Å². The first-order chi connectivity index (χ1) is 12.8. The molecular formula is C23H18N2O. The Hall–Kier alpha value is -3.46. The molecule has 0 unspecified atom stereocenters. The number of pyridine rings is 1. The quantitative estimate of drug-likeness (QED) is 0.460. The summed E-state index contributed by atoms with van der Waals surface area (Å²) in [6, 6.07) is 28.0. The summed E-state index contributed by atoms with van der Waals surface area (Å²) in [7, 11) is 0. The molecule has 0 saturated carbocycles. The van der Waals surface area contributed by atoms with Gasteiger partial charge in [0.2, 0.25) is 6.41 Å². The first kappa shape index (κ1) is 16.0. The van der Waals surface area contributed by atoms with Gasteiger partial charge in [0.1, 0.15) is 5.82 Å². The molecule has 0 atom stereocenters.